The van der Waals surface area contributed by atoms with Crippen molar-refractivity contribution in [3.05, 3.63) is 70.1 Å². The van der Waals surface area contributed by atoms with Gasteiger partial charge in [0, 0.05) is 23.6 Å². The molecule has 96 valence electrons. The summed E-state index contributed by atoms with van der Waals surface area (Å²) < 4.78 is 15.9. The smallest absolute Gasteiger partial charge is 0.137 e. The van der Waals surface area contributed by atoms with Crippen LogP contribution in [0.15, 0.2) is 53.1 Å². The Hall–Kier alpha value is -1.61. The highest BCUT2D eigenvalue weighted by atomic mass is 79.9. The Bertz CT molecular complexity index is 746. The number of hydrogen-bond donors (Lipinski definition) is 0. The van der Waals surface area contributed by atoms with Gasteiger partial charge in [-0.25, -0.2) is 4.39 Å². The van der Waals surface area contributed by atoms with Crippen LogP contribution in [0.4, 0.5) is 4.39 Å². The molecule has 0 atom stereocenters. The molecular formula is C16H13BrFN. The summed E-state index contributed by atoms with van der Waals surface area (Å²) in [6.07, 6.45) is 2.08. The predicted molar refractivity (Wildman–Crippen MR) is 79.9 cm³/mol. The van der Waals surface area contributed by atoms with E-state index in [2.05, 4.69) is 57.9 Å². The van der Waals surface area contributed by atoms with E-state index in [4.69, 9.17) is 0 Å². The van der Waals surface area contributed by atoms with Gasteiger partial charge >= 0.3 is 0 Å². The molecule has 3 aromatic rings. The molecule has 3 heteroatoms. The van der Waals surface area contributed by atoms with Crippen LogP contribution >= 0.6 is 15.9 Å². The summed E-state index contributed by atoms with van der Waals surface area (Å²) in [6, 6.07) is 13.6. The van der Waals surface area contributed by atoms with E-state index in [-0.39, 0.29) is 5.82 Å². The zero-order valence-electron chi connectivity index (χ0n) is 10.5. The number of aromatic nitrogens is 1. The fourth-order valence-corrected chi connectivity index (χ4v) is 2.78. The molecule has 0 fully saturated rings. The molecule has 1 nitrogen and oxygen atoms in total. The van der Waals surface area contributed by atoms with Crippen LogP contribution in [0.5, 0.6) is 0 Å². The molecule has 1 aromatic heterocycles. The number of aryl methyl sites for hydroxylation is 1. The Morgan fingerprint density at radius 2 is 2.00 bits per heavy atom. The molecule has 2 aromatic carbocycles. The van der Waals surface area contributed by atoms with Crippen LogP contribution in [-0.2, 0) is 6.54 Å². The van der Waals surface area contributed by atoms with Crippen molar-refractivity contribution >= 4 is 26.8 Å². The highest BCUT2D eigenvalue weighted by molar-refractivity contribution is 9.10. The SMILES string of the molecule is Cc1cccc2c1ccn2Cc1ccc(F)c(Br)c1. The maximum absolute atomic E-state index is 13.2. The van der Waals surface area contributed by atoms with E-state index in [1.165, 1.54) is 22.5 Å². The standard InChI is InChI=1S/C16H13BrFN/c1-11-3-2-4-16-13(11)7-8-19(16)10-12-5-6-15(18)14(17)9-12/h2-9H,10H2,1H3. The molecular weight excluding hydrogens is 305 g/mol. The Labute approximate surface area is 119 Å². The van der Waals surface area contributed by atoms with Gasteiger partial charge in [-0.1, -0.05) is 18.2 Å². The van der Waals surface area contributed by atoms with Gasteiger partial charge in [-0.05, 0) is 58.2 Å². The first-order chi connectivity index (χ1) is 9.15. The number of hydrogen-bond acceptors (Lipinski definition) is 0. The van der Waals surface area contributed by atoms with Crippen molar-refractivity contribution in [2.24, 2.45) is 0 Å². The first kappa shape index (κ1) is 12.4. The molecule has 0 saturated heterocycles. The Morgan fingerprint density at radius 3 is 2.79 bits per heavy atom. The Morgan fingerprint density at radius 1 is 1.16 bits per heavy atom. The molecule has 19 heavy (non-hydrogen) atoms. The molecule has 0 aliphatic rings. The molecule has 0 unspecified atom stereocenters. The van der Waals surface area contributed by atoms with E-state index >= 15 is 0 Å². The largest absolute Gasteiger partial charge is 0.343 e. The third kappa shape index (κ3) is 2.30. The summed E-state index contributed by atoms with van der Waals surface area (Å²) in [5, 5.41) is 1.27. The van der Waals surface area contributed by atoms with Crippen molar-refractivity contribution in [1.29, 1.82) is 0 Å². The fraction of sp³-hybridized carbons (Fsp3) is 0.125. The lowest BCUT2D eigenvalue weighted by Crippen LogP contribution is -1.98. The predicted octanol–water partition coefficient (Wildman–Crippen LogP) is 4.90. The van der Waals surface area contributed by atoms with Gasteiger partial charge in [-0.3, -0.25) is 0 Å². The van der Waals surface area contributed by atoms with Gasteiger partial charge in [0.15, 0.2) is 0 Å². The summed E-state index contributed by atoms with van der Waals surface area (Å²) in [6.45, 7) is 2.85. The highest BCUT2D eigenvalue weighted by Crippen LogP contribution is 2.22. The lowest BCUT2D eigenvalue weighted by Gasteiger charge is -2.07. The molecule has 0 aliphatic carbocycles. The second-order valence-electron chi connectivity index (χ2n) is 4.70. The monoisotopic (exact) mass is 317 g/mol. The second kappa shape index (κ2) is 4.82. The quantitative estimate of drug-likeness (QED) is 0.633. The van der Waals surface area contributed by atoms with Crippen molar-refractivity contribution in [3.8, 4) is 0 Å². The summed E-state index contributed by atoms with van der Waals surface area (Å²) in [5.74, 6) is -0.225. The van der Waals surface area contributed by atoms with Gasteiger partial charge in [-0.2, -0.15) is 0 Å². The zero-order chi connectivity index (χ0) is 13.4. The molecule has 0 saturated carbocycles. The van der Waals surface area contributed by atoms with Gasteiger partial charge in [0.1, 0.15) is 5.82 Å². The van der Waals surface area contributed by atoms with Gasteiger partial charge < -0.3 is 4.57 Å². The number of benzene rings is 2. The fourth-order valence-electron chi connectivity index (χ4n) is 2.35. The molecule has 0 spiro atoms. The van der Waals surface area contributed by atoms with Crippen molar-refractivity contribution in [1.82, 2.24) is 4.57 Å². The average Bonchev–Trinajstić information content (AvgIpc) is 2.79. The van der Waals surface area contributed by atoms with Crippen molar-refractivity contribution in [2.75, 3.05) is 0 Å². The van der Waals surface area contributed by atoms with Crippen LogP contribution in [-0.4, -0.2) is 4.57 Å². The number of nitrogens with zero attached hydrogens (tertiary/aromatic N) is 1. The lowest BCUT2D eigenvalue weighted by atomic mass is 10.1. The Balaban J connectivity index is 2.01. The molecule has 0 amide bonds. The van der Waals surface area contributed by atoms with E-state index < -0.39 is 0 Å². The minimum atomic E-state index is -0.225. The summed E-state index contributed by atoms with van der Waals surface area (Å²) in [4.78, 5) is 0. The molecule has 0 radical (unpaired) electrons. The third-order valence-electron chi connectivity index (χ3n) is 3.37. The maximum Gasteiger partial charge on any atom is 0.137 e. The molecule has 0 bridgehead atoms. The summed E-state index contributed by atoms with van der Waals surface area (Å²) in [7, 11) is 0. The van der Waals surface area contributed by atoms with Crippen molar-refractivity contribution < 1.29 is 4.39 Å². The topological polar surface area (TPSA) is 4.93 Å². The number of rotatable bonds is 2. The van der Waals surface area contributed by atoms with E-state index in [1.54, 1.807) is 0 Å². The first-order valence-electron chi connectivity index (χ1n) is 6.13. The van der Waals surface area contributed by atoms with Crippen LogP contribution in [0.2, 0.25) is 0 Å². The minimum absolute atomic E-state index is 0.225. The minimum Gasteiger partial charge on any atom is -0.343 e. The van der Waals surface area contributed by atoms with Crippen molar-refractivity contribution in [2.45, 2.75) is 13.5 Å². The van der Waals surface area contributed by atoms with Crippen LogP contribution in [0.25, 0.3) is 10.9 Å². The van der Waals surface area contributed by atoms with E-state index in [0.29, 0.717) is 4.47 Å². The lowest BCUT2D eigenvalue weighted by molar-refractivity contribution is 0.619. The maximum atomic E-state index is 13.2. The summed E-state index contributed by atoms with van der Waals surface area (Å²) >= 11 is 3.23. The highest BCUT2D eigenvalue weighted by Gasteiger charge is 2.05. The molecule has 1 heterocycles. The van der Waals surface area contributed by atoms with Crippen molar-refractivity contribution in [3.63, 3.8) is 0 Å². The third-order valence-corrected chi connectivity index (χ3v) is 3.98. The van der Waals surface area contributed by atoms with Gasteiger partial charge in [0.05, 0.1) is 4.47 Å². The van der Waals surface area contributed by atoms with E-state index in [0.717, 1.165) is 12.1 Å². The molecule has 0 N–H and O–H groups in total. The van der Waals surface area contributed by atoms with Crippen LogP contribution < -0.4 is 0 Å². The number of halogens is 2. The van der Waals surface area contributed by atoms with Crippen LogP contribution in [0.3, 0.4) is 0 Å². The van der Waals surface area contributed by atoms with Crippen LogP contribution in [0.1, 0.15) is 11.1 Å². The average molecular weight is 318 g/mol. The van der Waals surface area contributed by atoms with Gasteiger partial charge in [-0.15, -0.1) is 0 Å². The van der Waals surface area contributed by atoms with Crippen LogP contribution in [0, 0.1) is 12.7 Å². The second-order valence-corrected chi connectivity index (χ2v) is 5.55. The van der Waals surface area contributed by atoms with Gasteiger partial charge in [0.25, 0.3) is 0 Å². The Kier molecular flexibility index (Phi) is 3.15. The van der Waals surface area contributed by atoms with E-state index in [9.17, 15) is 4.39 Å². The van der Waals surface area contributed by atoms with E-state index in [1.807, 2.05) is 12.1 Å². The molecule has 3 rings (SSSR count). The first-order valence-corrected chi connectivity index (χ1v) is 6.93. The normalized spacial score (nSPS) is 11.1. The van der Waals surface area contributed by atoms with Gasteiger partial charge in [0.2, 0.25) is 0 Å². The zero-order valence-corrected chi connectivity index (χ0v) is 12.1. The molecule has 0 aliphatic heterocycles. The number of fused-ring (bicyclic) bond motifs is 1. The summed E-state index contributed by atoms with van der Waals surface area (Å²) in [5.41, 5.74) is 3.56.